The van der Waals surface area contributed by atoms with Crippen molar-refractivity contribution in [3.63, 3.8) is 0 Å². The van der Waals surface area contributed by atoms with E-state index in [1.165, 1.54) is 68.1 Å². The number of likely N-dealkylation sites (N-methyl/N-ethyl adjacent to an activating group) is 1. The van der Waals surface area contributed by atoms with Gasteiger partial charge >= 0.3 is 0 Å². The highest BCUT2D eigenvalue weighted by atomic mass is 32.2. The highest BCUT2D eigenvalue weighted by Crippen LogP contribution is 2.62. The quantitative estimate of drug-likeness (QED) is 0.368. The van der Waals surface area contributed by atoms with Gasteiger partial charge in [0.15, 0.2) is 10.7 Å². The molecule has 3 fully saturated rings. The van der Waals surface area contributed by atoms with Crippen LogP contribution in [0.1, 0.15) is 93.7 Å². The van der Waals surface area contributed by atoms with Crippen LogP contribution in [0.2, 0.25) is 0 Å². The average molecular weight is 495 g/mol. The lowest BCUT2D eigenvalue weighted by Gasteiger charge is -2.45. The van der Waals surface area contributed by atoms with Crippen LogP contribution >= 0.6 is 11.8 Å². The fraction of sp³-hybridized carbons (Fsp3) is 0.733. The molecule has 0 radical (unpaired) electrons. The number of benzene rings is 1. The first kappa shape index (κ1) is 24.0. The van der Waals surface area contributed by atoms with Crippen LogP contribution in [0.3, 0.4) is 0 Å². The number of hydrogen-bond acceptors (Lipinski definition) is 4. The molecular weight excluding hydrogens is 452 g/mol. The smallest absolute Gasteiger partial charge is 0.261 e. The van der Waals surface area contributed by atoms with Gasteiger partial charge < -0.3 is 4.74 Å². The Morgan fingerprint density at radius 2 is 1.80 bits per heavy atom. The highest BCUT2D eigenvalue weighted by Gasteiger charge is 2.66. The van der Waals surface area contributed by atoms with E-state index in [1.807, 2.05) is 30.8 Å². The maximum atomic E-state index is 14.3. The number of aliphatic imine (C=N–C) groups is 1. The molecule has 5 aliphatic rings. The molecule has 4 aliphatic carbocycles. The first-order valence-corrected chi connectivity index (χ1v) is 15.2. The van der Waals surface area contributed by atoms with Gasteiger partial charge in [-0.25, -0.2) is 4.99 Å². The van der Waals surface area contributed by atoms with Crippen LogP contribution in [0.25, 0.3) is 0 Å². The van der Waals surface area contributed by atoms with Crippen LogP contribution < -0.4 is 0 Å². The Morgan fingerprint density at radius 1 is 1.06 bits per heavy atom. The number of aryl methyl sites for hydroxylation is 1. The summed E-state index contributed by atoms with van der Waals surface area (Å²) < 4.78 is 5.73. The number of ether oxygens (including phenoxy) is 1. The van der Waals surface area contributed by atoms with Gasteiger partial charge in [0.05, 0.1) is 6.10 Å². The van der Waals surface area contributed by atoms with Crippen molar-refractivity contribution in [1.82, 2.24) is 4.90 Å². The van der Waals surface area contributed by atoms with Gasteiger partial charge in [0.1, 0.15) is 0 Å². The van der Waals surface area contributed by atoms with Crippen molar-refractivity contribution < 1.29 is 9.53 Å². The van der Waals surface area contributed by atoms with Crippen molar-refractivity contribution in [2.75, 3.05) is 19.9 Å². The van der Waals surface area contributed by atoms with Crippen LogP contribution in [-0.4, -0.2) is 42.0 Å². The van der Waals surface area contributed by atoms with Crippen LogP contribution in [0.5, 0.6) is 0 Å². The Hall–Kier alpha value is -1.33. The molecule has 1 aliphatic heterocycles. The SMILES string of the molecule is COC1CCC2(CC1)Cc1ccc(CCCCC3CC3)cc1C21N=C(SCCC2CC2)N(C)C1=O. The molecular formula is C30H42N2O2S. The van der Waals surface area contributed by atoms with Gasteiger partial charge in [-0.2, -0.15) is 0 Å². The van der Waals surface area contributed by atoms with Gasteiger partial charge in [0, 0.05) is 25.3 Å². The number of unbranched alkanes of at least 4 members (excludes halogenated alkanes) is 1. The Balaban J connectivity index is 1.30. The summed E-state index contributed by atoms with van der Waals surface area (Å²) in [5.41, 5.74) is 3.13. The topological polar surface area (TPSA) is 41.9 Å². The lowest BCUT2D eigenvalue weighted by molar-refractivity contribution is -0.137. The molecule has 0 bridgehead atoms. The minimum absolute atomic E-state index is 0.112. The minimum atomic E-state index is -0.734. The number of nitrogens with zero attached hydrogens (tertiary/aromatic N) is 2. The number of methoxy groups -OCH3 is 1. The Kier molecular flexibility index (Phi) is 6.54. The normalized spacial score (nSPS) is 32.1. The number of amidine groups is 1. The van der Waals surface area contributed by atoms with Crippen molar-refractivity contribution in [3.05, 3.63) is 34.9 Å². The predicted molar refractivity (Wildman–Crippen MR) is 144 cm³/mol. The summed E-state index contributed by atoms with van der Waals surface area (Å²) in [6.07, 6.45) is 17.4. The predicted octanol–water partition coefficient (Wildman–Crippen LogP) is 6.50. The monoisotopic (exact) mass is 494 g/mol. The second-order valence-electron chi connectivity index (χ2n) is 12.1. The molecule has 5 heteroatoms. The third-order valence-corrected chi connectivity index (χ3v) is 10.8. The Labute approximate surface area is 215 Å². The number of fused-ring (bicyclic) bond motifs is 3. The van der Waals surface area contributed by atoms with Crippen LogP contribution in [0, 0.1) is 17.3 Å². The van der Waals surface area contributed by atoms with E-state index in [1.54, 1.807) is 0 Å². The maximum Gasteiger partial charge on any atom is 0.261 e. The summed E-state index contributed by atoms with van der Waals surface area (Å²) in [7, 11) is 3.80. The van der Waals surface area contributed by atoms with Crippen molar-refractivity contribution in [2.45, 2.75) is 102 Å². The molecule has 0 aromatic heterocycles. The molecule has 1 aromatic carbocycles. The summed E-state index contributed by atoms with van der Waals surface area (Å²) in [5, 5.41) is 0.951. The van der Waals surface area contributed by atoms with Crippen molar-refractivity contribution >= 4 is 22.8 Å². The molecule has 1 aromatic rings. The first-order valence-electron chi connectivity index (χ1n) is 14.2. The van der Waals surface area contributed by atoms with E-state index in [0.29, 0.717) is 6.10 Å². The molecule has 1 amide bonds. The lowest BCUT2D eigenvalue weighted by Crippen LogP contribution is -2.51. The van der Waals surface area contributed by atoms with Gasteiger partial charge in [-0.15, -0.1) is 0 Å². The van der Waals surface area contributed by atoms with Gasteiger partial charge in [-0.05, 0) is 79.9 Å². The van der Waals surface area contributed by atoms with E-state index in [9.17, 15) is 4.79 Å². The molecule has 190 valence electrons. The van der Waals surface area contributed by atoms with Crippen LogP contribution in [0.4, 0.5) is 0 Å². The summed E-state index contributed by atoms with van der Waals surface area (Å²) in [6, 6.07) is 7.06. The molecule has 0 saturated heterocycles. The molecule has 35 heavy (non-hydrogen) atoms. The minimum Gasteiger partial charge on any atom is -0.381 e. The van der Waals surface area contributed by atoms with Gasteiger partial charge in [-0.3, -0.25) is 9.69 Å². The molecule has 4 nitrogen and oxygen atoms in total. The fourth-order valence-corrected chi connectivity index (χ4v) is 8.22. The fourth-order valence-electron chi connectivity index (χ4n) is 7.10. The van der Waals surface area contributed by atoms with E-state index in [-0.39, 0.29) is 11.3 Å². The van der Waals surface area contributed by atoms with Gasteiger partial charge in [0.25, 0.3) is 5.91 Å². The second kappa shape index (κ2) is 9.52. The Morgan fingerprint density at radius 3 is 2.51 bits per heavy atom. The molecule has 3 saturated carbocycles. The van der Waals surface area contributed by atoms with E-state index in [0.717, 1.165) is 61.3 Å². The van der Waals surface area contributed by atoms with E-state index in [2.05, 4.69) is 18.2 Å². The summed E-state index contributed by atoms with van der Waals surface area (Å²) in [6.45, 7) is 0. The lowest BCUT2D eigenvalue weighted by atomic mass is 9.61. The zero-order valence-electron chi connectivity index (χ0n) is 21.7. The van der Waals surface area contributed by atoms with Crippen molar-refractivity contribution in [2.24, 2.45) is 22.2 Å². The van der Waals surface area contributed by atoms with Crippen molar-refractivity contribution in [3.8, 4) is 0 Å². The number of rotatable bonds is 9. The molecule has 0 N–H and O–H groups in total. The van der Waals surface area contributed by atoms with Crippen LogP contribution in [0.15, 0.2) is 23.2 Å². The second-order valence-corrected chi connectivity index (χ2v) is 13.2. The summed E-state index contributed by atoms with van der Waals surface area (Å²) in [4.78, 5) is 21.6. The molecule has 1 heterocycles. The zero-order valence-corrected chi connectivity index (χ0v) is 22.5. The van der Waals surface area contributed by atoms with Gasteiger partial charge in [-0.1, -0.05) is 68.5 Å². The molecule has 1 atom stereocenters. The number of amides is 1. The highest BCUT2D eigenvalue weighted by molar-refractivity contribution is 8.13. The number of carbonyl (C=O) groups is 1. The standard InChI is InChI=1S/C30H42N2O2S/c1-32-27(33)30(31-28(32)35-18-15-22-9-10-22)26-19-23(6-4-3-5-21-7-8-21)11-12-24(26)20-29(30)16-13-25(34-2)14-17-29/h11-12,19,21-22,25H,3-10,13-18,20H2,1-2H3. The zero-order chi connectivity index (χ0) is 24.0. The summed E-state index contributed by atoms with van der Waals surface area (Å²) in [5.74, 6) is 3.21. The average Bonchev–Trinajstić information content (AvgIpc) is 3.80. The van der Waals surface area contributed by atoms with Crippen LogP contribution in [-0.2, 0) is 27.9 Å². The first-order chi connectivity index (χ1) is 17.0. The Bertz CT molecular complexity index is 990. The maximum absolute atomic E-state index is 14.3. The molecule has 1 unspecified atom stereocenters. The largest absolute Gasteiger partial charge is 0.381 e. The van der Waals surface area contributed by atoms with Crippen molar-refractivity contribution in [1.29, 1.82) is 0 Å². The van der Waals surface area contributed by atoms with Gasteiger partial charge in [0.2, 0.25) is 0 Å². The molecule has 2 spiro atoms. The summed E-state index contributed by atoms with van der Waals surface area (Å²) >= 11 is 1.81. The van der Waals surface area contributed by atoms with E-state index < -0.39 is 5.54 Å². The molecule has 6 rings (SSSR count). The third-order valence-electron chi connectivity index (χ3n) is 9.73. The van der Waals surface area contributed by atoms with E-state index >= 15 is 0 Å². The number of hydrogen-bond donors (Lipinski definition) is 0. The van der Waals surface area contributed by atoms with E-state index in [4.69, 9.17) is 9.73 Å². The number of thioether (sulfide) groups is 1. The third kappa shape index (κ3) is 4.39. The number of carbonyl (C=O) groups excluding carboxylic acids is 1.